The van der Waals surface area contributed by atoms with Crippen molar-refractivity contribution in [3.05, 3.63) is 69.1 Å². The lowest BCUT2D eigenvalue weighted by Gasteiger charge is -2.08. The van der Waals surface area contributed by atoms with Crippen molar-refractivity contribution < 1.29 is 19.2 Å². The number of ether oxygens (including phenoxy) is 1. The van der Waals surface area contributed by atoms with Gasteiger partial charge in [0.15, 0.2) is 0 Å². The third-order valence-electron chi connectivity index (χ3n) is 4.51. The zero-order valence-electron chi connectivity index (χ0n) is 16.5. The van der Waals surface area contributed by atoms with Crippen molar-refractivity contribution in [2.75, 3.05) is 6.61 Å². The van der Waals surface area contributed by atoms with E-state index in [9.17, 15) is 20.0 Å². The Morgan fingerprint density at radius 1 is 1.10 bits per heavy atom. The smallest absolute Gasteiger partial charge is 0.339 e. The molecule has 0 spiro atoms. The van der Waals surface area contributed by atoms with Crippen LogP contribution in [0.2, 0.25) is 0 Å². The van der Waals surface area contributed by atoms with Gasteiger partial charge in [0.25, 0.3) is 5.69 Å². The van der Waals surface area contributed by atoms with Crippen LogP contribution in [0, 0.1) is 10.1 Å². The fourth-order valence-corrected chi connectivity index (χ4v) is 2.92. The van der Waals surface area contributed by atoms with Crippen LogP contribution in [-0.2, 0) is 0 Å². The summed E-state index contributed by atoms with van der Waals surface area (Å²) in [5.41, 5.74) is -0.210. The molecule has 0 fully saturated rings. The Morgan fingerprint density at radius 2 is 1.87 bits per heavy atom. The van der Waals surface area contributed by atoms with Gasteiger partial charge in [-0.15, -0.1) is 0 Å². The zero-order valence-corrected chi connectivity index (χ0v) is 16.5. The van der Waals surface area contributed by atoms with Gasteiger partial charge >= 0.3 is 5.63 Å². The summed E-state index contributed by atoms with van der Waals surface area (Å²) in [6.07, 6.45) is 4.46. The molecular weight excluding hydrogens is 388 g/mol. The molecule has 0 aliphatic heterocycles. The number of nitro groups is 1. The van der Waals surface area contributed by atoms with Crippen molar-refractivity contribution in [3.8, 4) is 34.2 Å². The van der Waals surface area contributed by atoms with Crippen LogP contribution in [0.1, 0.15) is 32.6 Å². The highest BCUT2D eigenvalue weighted by Crippen LogP contribution is 2.32. The van der Waals surface area contributed by atoms with E-state index in [2.05, 4.69) is 11.9 Å². The third-order valence-corrected chi connectivity index (χ3v) is 4.51. The predicted octanol–water partition coefficient (Wildman–Crippen LogP) is 4.94. The Labute approximate surface area is 172 Å². The van der Waals surface area contributed by atoms with E-state index in [4.69, 9.17) is 9.15 Å². The number of hydrogen-bond donors (Lipinski definition) is 1. The first kappa shape index (κ1) is 21.0. The fourth-order valence-electron chi connectivity index (χ4n) is 2.92. The molecule has 0 aliphatic carbocycles. The molecule has 156 valence electrons. The van der Waals surface area contributed by atoms with Gasteiger partial charge in [-0.1, -0.05) is 26.2 Å². The van der Waals surface area contributed by atoms with E-state index in [1.54, 1.807) is 24.3 Å². The maximum atomic E-state index is 12.0. The number of aromatic hydroxyl groups is 1. The summed E-state index contributed by atoms with van der Waals surface area (Å²) in [7, 11) is 0. The lowest BCUT2D eigenvalue weighted by molar-refractivity contribution is -0.384. The number of phenols is 1. The number of nitro benzene ring substituents is 1. The molecule has 8 heteroatoms. The van der Waals surface area contributed by atoms with Gasteiger partial charge in [-0.2, -0.15) is 0 Å². The van der Waals surface area contributed by atoms with E-state index in [-0.39, 0.29) is 28.6 Å². The highest BCUT2D eigenvalue weighted by Gasteiger charge is 2.16. The molecular formula is C22H22N2O6. The van der Waals surface area contributed by atoms with E-state index in [0.717, 1.165) is 25.0 Å². The molecule has 1 aromatic heterocycles. The molecule has 1 heterocycles. The van der Waals surface area contributed by atoms with E-state index >= 15 is 0 Å². The Bertz CT molecular complexity index is 1080. The Kier molecular flexibility index (Phi) is 6.79. The van der Waals surface area contributed by atoms with Gasteiger partial charge in [-0.3, -0.25) is 10.1 Å². The topological polar surface area (TPSA) is 116 Å². The molecule has 0 atom stereocenters. The first-order valence-corrected chi connectivity index (χ1v) is 9.71. The van der Waals surface area contributed by atoms with Crippen LogP contribution in [0.4, 0.5) is 5.69 Å². The lowest BCUT2D eigenvalue weighted by Crippen LogP contribution is -2.02. The maximum absolute atomic E-state index is 12.0. The first-order chi connectivity index (χ1) is 14.5. The Morgan fingerprint density at radius 3 is 2.57 bits per heavy atom. The second kappa shape index (κ2) is 9.69. The van der Waals surface area contributed by atoms with Crippen molar-refractivity contribution in [1.29, 1.82) is 0 Å². The summed E-state index contributed by atoms with van der Waals surface area (Å²) in [6.45, 7) is 2.79. The molecule has 0 saturated heterocycles. The normalized spacial score (nSPS) is 10.7. The van der Waals surface area contributed by atoms with Crippen LogP contribution in [0.15, 0.2) is 57.7 Å². The second-order valence-corrected chi connectivity index (χ2v) is 6.76. The first-order valence-electron chi connectivity index (χ1n) is 9.71. The average Bonchev–Trinajstić information content (AvgIpc) is 2.73. The minimum absolute atomic E-state index is 0.0397. The highest BCUT2D eigenvalue weighted by molar-refractivity contribution is 5.70. The van der Waals surface area contributed by atoms with E-state index in [0.29, 0.717) is 17.9 Å². The van der Waals surface area contributed by atoms with Crippen molar-refractivity contribution in [3.63, 3.8) is 0 Å². The van der Waals surface area contributed by atoms with Crippen LogP contribution < -0.4 is 10.4 Å². The number of rotatable bonds is 9. The van der Waals surface area contributed by atoms with Gasteiger partial charge in [0.05, 0.1) is 23.3 Å². The van der Waals surface area contributed by atoms with Gasteiger partial charge in [0.1, 0.15) is 11.5 Å². The van der Waals surface area contributed by atoms with Crippen molar-refractivity contribution in [1.82, 2.24) is 4.98 Å². The SMILES string of the molecule is CCCCCCOc1ccc(-c2nc(-c3cc([N+](=O)[O-])ccc3O)cc(=O)o2)cc1. The molecule has 0 bridgehead atoms. The standard InChI is InChI=1S/C22H22N2O6/c1-2-3-4-5-12-29-17-9-6-15(7-10-17)22-23-19(14-21(26)30-22)18-13-16(24(27)28)8-11-20(18)25/h6-11,13-14,25H,2-5,12H2,1H3. The van der Waals surface area contributed by atoms with Gasteiger partial charge in [-0.05, 0) is 36.8 Å². The number of phenolic OH excluding ortho intramolecular Hbond substituents is 1. The quantitative estimate of drug-likeness (QED) is 0.302. The van der Waals surface area contributed by atoms with Gasteiger partial charge < -0.3 is 14.3 Å². The number of nitrogens with zero attached hydrogens (tertiary/aromatic N) is 2. The van der Waals surface area contributed by atoms with Gasteiger partial charge in [-0.25, -0.2) is 9.78 Å². The van der Waals surface area contributed by atoms with Crippen LogP contribution in [0.25, 0.3) is 22.7 Å². The molecule has 8 nitrogen and oxygen atoms in total. The summed E-state index contributed by atoms with van der Waals surface area (Å²) in [6, 6.07) is 11.5. The highest BCUT2D eigenvalue weighted by atomic mass is 16.6. The summed E-state index contributed by atoms with van der Waals surface area (Å²) < 4.78 is 10.9. The lowest BCUT2D eigenvalue weighted by atomic mass is 10.1. The van der Waals surface area contributed by atoms with Crippen LogP contribution in [0.3, 0.4) is 0 Å². The minimum Gasteiger partial charge on any atom is -0.507 e. The molecule has 0 radical (unpaired) electrons. The summed E-state index contributed by atoms with van der Waals surface area (Å²) in [4.78, 5) is 26.7. The molecule has 0 saturated carbocycles. The average molecular weight is 410 g/mol. The van der Waals surface area contributed by atoms with Crippen LogP contribution in [-0.4, -0.2) is 21.6 Å². The molecule has 0 aliphatic rings. The zero-order chi connectivity index (χ0) is 21.5. The fraction of sp³-hybridized carbons (Fsp3) is 0.273. The largest absolute Gasteiger partial charge is 0.507 e. The van der Waals surface area contributed by atoms with Gasteiger partial charge in [0.2, 0.25) is 5.89 Å². The van der Waals surface area contributed by atoms with Crippen LogP contribution in [0.5, 0.6) is 11.5 Å². The molecule has 1 N–H and O–H groups in total. The Hall–Kier alpha value is -3.68. The number of aromatic nitrogens is 1. The number of benzene rings is 2. The van der Waals surface area contributed by atoms with Crippen molar-refractivity contribution in [2.45, 2.75) is 32.6 Å². The van der Waals surface area contributed by atoms with E-state index < -0.39 is 10.5 Å². The van der Waals surface area contributed by atoms with E-state index in [1.807, 2.05) is 0 Å². The van der Waals surface area contributed by atoms with Gasteiger partial charge in [0, 0.05) is 23.3 Å². The molecule has 0 unspecified atom stereocenters. The van der Waals surface area contributed by atoms with E-state index in [1.165, 1.54) is 25.0 Å². The number of unbranched alkanes of at least 4 members (excludes halogenated alkanes) is 3. The molecule has 30 heavy (non-hydrogen) atoms. The number of hydrogen-bond acceptors (Lipinski definition) is 7. The predicted molar refractivity (Wildman–Crippen MR) is 112 cm³/mol. The van der Waals surface area contributed by atoms with Crippen molar-refractivity contribution >= 4 is 5.69 Å². The summed E-state index contributed by atoms with van der Waals surface area (Å²) in [5, 5.41) is 21.1. The number of non-ortho nitro benzene ring substituents is 1. The summed E-state index contributed by atoms with van der Waals surface area (Å²) >= 11 is 0. The monoisotopic (exact) mass is 410 g/mol. The van der Waals surface area contributed by atoms with Crippen molar-refractivity contribution in [2.24, 2.45) is 0 Å². The van der Waals surface area contributed by atoms with Crippen LogP contribution >= 0.6 is 0 Å². The molecule has 2 aromatic carbocycles. The third kappa shape index (κ3) is 5.22. The summed E-state index contributed by atoms with van der Waals surface area (Å²) in [5.74, 6) is 0.513. The molecule has 0 amide bonds. The Balaban J connectivity index is 1.83. The molecule has 3 rings (SSSR count). The maximum Gasteiger partial charge on any atom is 0.339 e. The minimum atomic E-state index is -0.683. The molecule has 3 aromatic rings. The second-order valence-electron chi connectivity index (χ2n) is 6.76.